The maximum atomic E-state index is 11.6. The molecular weight excluding hydrogens is 264 g/mol. The minimum atomic E-state index is -0.468. The Morgan fingerprint density at radius 2 is 1.89 bits per heavy atom. The molecule has 0 heterocycles. The average Bonchev–Trinajstić information content (AvgIpc) is 2.43. The van der Waals surface area contributed by atoms with Crippen LogP contribution < -0.4 is 10.6 Å². The monoisotopic (exact) mass is 273 g/mol. The molecule has 0 bridgehead atoms. The first-order valence-electron chi connectivity index (χ1n) is 5.43. The zero-order chi connectivity index (χ0) is 13.7. The van der Waals surface area contributed by atoms with Crippen molar-refractivity contribution < 1.29 is 4.79 Å². The fourth-order valence-electron chi connectivity index (χ4n) is 1.36. The molecule has 2 N–H and O–H groups in total. The van der Waals surface area contributed by atoms with E-state index in [1.807, 2.05) is 6.07 Å². The number of halogens is 1. The van der Waals surface area contributed by atoms with Gasteiger partial charge in [0.1, 0.15) is 0 Å². The van der Waals surface area contributed by atoms with Crippen molar-refractivity contribution in [2.75, 3.05) is 5.73 Å². The molecule has 0 spiro atoms. The lowest BCUT2D eigenvalue weighted by molar-refractivity contribution is 0.0992. The Balaban J connectivity index is 2.21. The molecular formula is C13H10ClN4O+. The van der Waals surface area contributed by atoms with Crippen LogP contribution in [0.5, 0.6) is 0 Å². The number of rotatable bonds is 2. The fraction of sp³-hybridized carbons (Fsp3) is 0. The predicted molar refractivity (Wildman–Crippen MR) is 73.3 cm³/mol. The van der Waals surface area contributed by atoms with Crippen molar-refractivity contribution in [3.8, 4) is 0 Å². The minimum Gasteiger partial charge on any atom is -0.399 e. The van der Waals surface area contributed by atoms with Crippen molar-refractivity contribution >= 4 is 28.9 Å². The molecule has 2 aromatic carbocycles. The number of nitrogens with zero attached hydrogens (tertiary/aromatic N) is 3. The zero-order valence-corrected chi connectivity index (χ0v) is 10.6. The Bertz CT molecular complexity index is 664. The number of anilines is 1. The van der Waals surface area contributed by atoms with Crippen LogP contribution in [0.25, 0.3) is 0 Å². The van der Waals surface area contributed by atoms with Gasteiger partial charge in [-0.25, -0.2) is 0 Å². The van der Waals surface area contributed by atoms with Gasteiger partial charge in [-0.2, -0.15) is 0 Å². The van der Waals surface area contributed by atoms with Crippen molar-refractivity contribution in [2.45, 2.75) is 0 Å². The zero-order valence-electron chi connectivity index (χ0n) is 9.82. The number of carbonyl (C=O) groups is 1. The predicted octanol–water partition coefficient (Wildman–Crippen LogP) is 3.37. The van der Waals surface area contributed by atoms with E-state index in [1.165, 1.54) is 0 Å². The van der Waals surface area contributed by atoms with Gasteiger partial charge in [-0.3, -0.25) is 4.79 Å². The molecule has 0 saturated carbocycles. The SMILES string of the molecule is Nc1ccc(Cl)c(N=[N+]=NC(=O)c2ccccc2)c1. The van der Waals surface area contributed by atoms with Crippen molar-refractivity contribution in [1.82, 2.24) is 4.91 Å². The number of hydrogen-bond donors (Lipinski definition) is 1. The first-order chi connectivity index (χ1) is 9.16. The van der Waals surface area contributed by atoms with Gasteiger partial charge in [0.05, 0.1) is 5.02 Å². The largest absolute Gasteiger partial charge is 0.399 e. The fourth-order valence-corrected chi connectivity index (χ4v) is 1.51. The van der Waals surface area contributed by atoms with Crippen molar-refractivity contribution in [1.29, 1.82) is 0 Å². The van der Waals surface area contributed by atoms with Crippen LogP contribution in [-0.4, -0.2) is 5.91 Å². The average molecular weight is 274 g/mol. The molecule has 19 heavy (non-hydrogen) atoms. The maximum absolute atomic E-state index is 11.6. The second-order valence-corrected chi connectivity index (χ2v) is 4.08. The first-order valence-corrected chi connectivity index (χ1v) is 5.81. The van der Waals surface area contributed by atoms with Gasteiger partial charge in [-0.1, -0.05) is 29.8 Å². The molecule has 5 nitrogen and oxygen atoms in total. The summed E-state index contributed by atoms with van der Waals surface area (Å²) in [6, 6.07) is 13.4. The first kappa shape index (κ1) is 13.0. The molecule has 6 heteroatoms. The highest BCUT2D eigenvalue weighted by Gasteiger charge is 2.09. The standard InChI is InChI=1S/C13H10ClN4O/c14-11-7-6-10(15)8-12(11)16-18-17-13(19)9-4-2-1-3-5-9/h1-8H,15H2/q+1. The summed E-state index contributed by atoms with van der Waals surface area (Å²) in [5.41, 5.74) is 6.91. The summed E-state index contributed by atoms with van der Waals surface area (Å²) in [6.07, 6.45) is 0. The number of nitrogen functional groups attached to an aromatic ring is 1. The van der Waals surface area contributed by atoms with Gasteiger partial charge < -0.3 is 5.73 Å². The third kappa shape index (κ3) is 3.48. The number of nitrogens with two attached hydrogens (primary N) is 1. The maximum Gasteiger partial charge on any atom is 0.360 e. The van der Waals surface area contributed by atoms with Gasteiger partial charge in [-0.05, 0) is 30.3 Å². The summed E-state index contributed by atoms with van der Waals surface area (Å²) in [6.45, 7) is 0. The Hall–Kier alpha value is -2.49. The molecule has 2 aromatic rings. The van der Waals surface area contributed by atoms with Crippen LogP contribution >= 0.6 is 11.6 Å². The van der Waals surface area contributed by atoms with Crippen LogP contribution in [0, 0.1) is 0 Å². The normalized spacial score (nSPS) is 9.53. The lowest BCUT2D eigenvalue weighted by atomic mass is 10.2. The topological polar surface area (TPSA) is 81.9 Å². The van der Waals surface area contributed by atoms with E-state index in [0.29, 0.717) is 22.0 Å². The quantitative estimate of drug-likeness (QED) is 0.517. The van der Waals surface area contributed by atoms with E-state index >= 15 is 0 Å². The van der Waals surface area contributed by atoms with Gasteiger partial charge >= 0.3 is 5.91 Å². The molecule has 0 aliphatic heterocycles. The summed E-state index contributed by atoms with van der Waals surface area (Å²) in [4.78, 5) is 15.1. The van der Waals surface area contributed by atoms with Crippen LogP contribution in [0.15, 0.2) is 58.8 Å². The van der Waals surface area contributed by atoms with Crippen LogP contribution in [0.3, 0.4) is 0 Å². The summed E-state index contributed by atoms with van der Waals surface area (Å²) in [5, 5.41) is 7.63. The molecule has 2 rings (SSSR count). The summed E-state index contributed by atoms with van der Waals surface area (Å²) >= 11 is 5.89. The third-order valence-electron chi connectivity index (χ3n) is 2.28. The van der Waals surface area contributed by atoms with Gasteiger partial charge in [-0.15, -0.1) is 0 Å². The Morgan fingerprint density at radius 3 is 2.63 bits per heavy atom. The van der Waals surface area contributed by atoms with Crippen LogP contribution in [0.1, 0.15) is 10.4 Å². The van der Waals surface area contributed by atoms with Crippen LogP contribution in [-0.2, 0) is 0 Å². The lowest BCUT2D eigenvalue weighted by Gasteiger charge is -1.92. The molecule has 0 fully saturated rings. The third-order valence-corrected chi connectivity index (χ3v) is 2.60. The van der Waals surface area contributed by atoms with Crippen LogP contribution in [0.4, 0.5) is 11.4 Å². The van der Waals surface area contributed by atoms with E-state index in [0.717, 1.165) is 0 Å². The molecule has 0 aliphatic rings. The van der Waals surface area contributed by atoms with Crippen LogP contribution in [0.2, 0.25) is 5.02 Å². The molecule has 0 unspecified atom stereocenters. The van der Waals surface area contributed by atoms with Crippen molar-refractivity contribution in [2.24, 2.45) is 10.2 Å². The summed E-state index contributed by atoms with van der Waals surface area (Å²) in [5.74, 6) is -0.468. The summed E-state index contributed by atoms with van der Waals surface area (Å²) < 4.78 is 0. The lowest BCUT2D eigenvalue weighted by Crippen LogP contribution is -1.93. The second kappa shape index (κ2) is 5.91. The molecule has 0 saturated heterocycles. The van der Waals surface area contributed by atoms with E-state index in [1.54, 1.807) is 42.5 Å². The van der Waals surface area contributed by atoms with Crippen molar-refractivity contribution in [3.05, 3.63) is 59.1 Å². The second-order valence-electron chi connectivity index (χ2n) is 3.67. The van der Waals surface area contributed by atoms with E-state index in [-0.39, 0.29) is 0 Å². The van der Waals surface area contributed by atoms with E-state index in [2.05, 4.69) is 15.1 Å². The molecule has 1 amide bonds. The Morgan fingerprint density at radius 1 is 1.16 bits per heavy atom. The Kier molecular flexibility index (Phi) is 4.03. The number of hydrogen-bond acceptors (Lipinski definition) is 3. The van der Waals surface area contributed by atoms with E-state index in [4.69, 9.17) is 17.3 Å². The highest BCUT2D eigenvalue weighted by molar-refractivity contribution is 6.33. The molecule has 0 atom stereocenters. The molecule has 0 aliphatic carbocycles. The number of benzene rings is 2. The molecule has 94 valence electrons. The summed E-state index contributed by atoms with van der Waals surface area (Å²) in [7, 11) is 0. The minimum absolute atomic E-state index is 0.367. The van der Waals surface area contributed by atoms with E-state index in [9.17, 15) is 4.79 Å². The van der Waals surface area contributed by atoms with Gasteiger partial charge in [0.15, 0.2) is 10.8 Å². The highest BCUT2D eigenvalue weighted by Crippen LogP contribution is 2.26. The number of carbonyl (C=O) groups excluding carboxylic acids is 1. The molecule has 0 aromatic heterocycles. The highest BCUT2D eigenvalue weighted by atomic mass is 35.5. The van der Waals surface area contributed by atoms with E-state index < -0.39 is 5.91 Å². The smallest absolute Gasteiger partial charge is 0.360 e. The van der Waals surface area contributed by atoms with Crippen molar-refractivity contribution in [3.63, 3.8) is 0 Å². The van der Waals surface area contributed by atoms with Gasteiger partial charge in [0.2, 0.25) is 10.0 Å². The Labute approximate surface area is 114 Å². The van der Waals surface area contributed by atoms with Gasteiger partial charge in [0, 0.05) is 11.3 Å². The molecule has 0 radical (unpaired) electrons. The van der Waals surface area contributed by atoms with Gasteiger partial charge in [0.25, 0.3) is 0 Å². The number of amides is 1.